The predicted molar refractivity (Wildman–Crippen MR) is 80.8 cm³/mol. The average molecular weight is 298 g/mol. The van der Waals surface area contributed by atoms with Crippen LogP contribution in [0.3, 0.4) is 0 Å². The number of rotatable bonds is 12. The van der Waals surface area contributed by atoms with Gasteiger partial charge in [-0.3, -0.25) is 4.79 Å². The Morgan fingerprint density at radius 2 is 1.38 bits per heavy atom. The predicted octanol–water partition coefficient (Wildman–Crippen LogP) is 2.81. The van der Waals surface area contributed by atoms with Crippen molar-refractivity contribution in [2.75, 3.05) is 19.8 Å². The van der Waals surface area contributed by atoms with Gasteiger partial charge in [-0.2, -0.15) is 0 Å². The largest absolute Gasteiger partial charge is 0.466 e. The highest BCUT2D eigenvalue weighted by molar-refractivity contribution is 5.69. The van der Waals surface area contributed by atoms with Crippen LogP contribution < -0.4 is 0 Å². The molecule has 2 N–H and O–H groups in total. The number of carbonyl (C=O) groups is 1. The zero-order valence-corrected chi connectivity index (χ0v) is 13.1. The summed E-state index contributed by atoms with van der Waals surface area (Å²) in [5, 5.41) is 18.4. The van der Waals surface area contributed by atoms with Crippen LogP contribution in [0.5, 0.6) is 0 Å². The normalized spacial score (nSPS) is 21.0. The zero-order chi connectivity index (χ0) is 15.2. The van der Waals surface area contributed by atoms with Crippen LogP contribution >= 0.6 is 0 Å². The molecule has 2 saturated carbocycles. The van der Waals surface area contributed by atoms with Crippen LogP contribution in [-0.4, -0.2) is 36.0 Å². The molecule has 2 rings (SSSR count). The molecule has 21 heavy (non-hydrogen) atoms. The first-order valence-electron chi connectivity index (χ1n) is 8.51. The quantitative estimate of drug-likeness (QED) is 0.429. The maximum Gasteiger partial charge on any atom is 0.305 e. The van der Waals surface area contributed by atoms with Crippen LogP contribution in [0.25, 0.3) is 0 Å². The first-order chi connectivity index (χ1) is 10.1. The first-order valence-corrected chi connectivity index (χ1v) is 8.51. The van der Waals surface area contributed by atoms with Crippen LogP contribution in [0.4, 0.5) is 0 Å². The third-order valence-electron chi connectivity index (χ3n) is 5.29. The molecule has 0 atom stereocenters. The van der Waals surface area contributed by atoms with Crippen LogP contribution in [0.2, 0.25) is 0 Å². The summed E-state index contributed by atoms with van der Waals surface area (Å²) < 4.78 is 5.23. The van der Waals surface area contributed by atoms with Crippen molar-refractivity contribution in [3.63, 3.8) is 0 Å². The highest BCUT2D eigenvalue weighted by Gasteiger charge is 2.41. The smallest absolute Gasteiger partial charge is 0.305 e. The Balaban J connectivity index is 1.39. The van der Waals surface area contributed by atoms with Gasteiger partial charge < -0.3 is 14.9 Å². The number of unbranched alkanes of at least 4 members (excludes halogenated alkanes) is 2. The lowest BCUT2D eigenvalue weighted by molar-refractivity contribution is -0.143. The average Bonchev–Trinajstić information content (AvgIpc) is 3.40. The van der Waals surface area contributed by atoms with Crippen molar-refractivity contribution < 1.29 is 19.7 Å². The molecule has 0 aliphatic heterocycles. The molecule has 0 aromatic heterocycles. The van der Waals surface area contributed by atoms with Crippen molar-refractivity contribution in [1.29, 1.82) is 0 Å². The molecule has 0 aromatic carbocycles. The van der Waals surface area contributed by atoms with Gasteiger partial charge in [0.05, 0.1) is 6.61 Å². The summed E-state index contributed by atoms with van der Waals surface area (Å²) in [6.07, 6.45) is 11.0. The maximum absolute atomic E-state index is 11.6. The van der Waals surface area contributed by atoms with Gasteiger partial charge in [-0.1, -0.05) is 6.42 Å². The third-order valence-corrected chi connectivity index (χ3v) is 5.29. The van der Waals surface area contributed by atoms with Crippen molar-refractivity contribution >= 4 is 5.97 Å². The molecule has 0 unspecified atom stereocenters. The lowest BCUT2D eigenvalue weighted by Gasteiger charge is -2.11. The van der Waals surface area contributed by atoms with E-state index in [4.69, 9.17) is 4.74 Å². The number of aliphatic hydroxyl groups excluding tert-OH is 2. The summed E-state index contributed by atoms with van der Waals surface area (Å²) in [4.78, 5) is 11.6. The summed E-state index contributed by atoms with van der Waals surface area (Å²) in [7, 11) is 0. The van der Waals surface area contributed by atoms with Crippen LogP contribution in [0.1, 0.15) is 70.6 Å². The minimum Gasteiger partial charge on any atom is -0.466 e. The van der Waals surface area contributed by atoms with Gasteiger partial charge in [0, 0.05) is 19.6 Å². The summed E-state index contributed by atoms with van der Waals surface area (Å²) in [6.45, 7) is 1.12. The number of esters is 1. The van der Waals surface area contributed by atoms with Gasteiger partial charge in [0.15, 0.2) is 0 Å². The van der Waals surface area contributed by atoms with Gasteiger partial charge in [0.2, 0.25) is 0 Å². The second-order valence-corrected chi connectivity index (χ2v) is 7.20. The number of hydrogen-bond acceptors (Lipinski definition) is 4. The molecule has 0 aromatic rings. The van der Waals surface area contributed by atoms with E-state index in [1.165, 1.54) is 0 Å². The molecule has 0 spiro atoms. The second-order valence-electron chi connectivity index (χ2n) is 7.20. The minimum absolute atomic E-state index is 0.0906. The summed E-state index contributed by atoms with van der Waals surface area (Å²) in [5.74, 6) is -0.0906. The lowest BCUT2D eigenvalue weighted by atomic mass is 9.99. The van der Waals surface area contributed by atoms with E-state index in [0.717, 1.165) is 64.2 Å². The van der Waals surface area contributed by atoms with Gasteiger partial charge in [0.1, 0.15) is 0 Å². The molecule has 122 valence electrons. The maximum atomic E-state index is 11.6. The zero-order valence-electron chi connectivity index (χ0n) is 13.1. The van der Waals surface area contributed by atoms with Gasteiger partial charge in [-0.15, -0.1) is 0 Å². The van der Waals surface area contributed by atoms with E-state index in [1.807, 2.05) is 0 Å². The second kappa shape index (κ2) is 7.59. The lowest BCUT2D eigenvalue weighted by Crippen LogP contribution is -2.09. The van der Waals surface area contributed by atoms with E-state index >= 15 is 0 Å². The standard InChI is InChI=1S/C17H30O4/c18-13-16(8-9-16)6-2-1-5-15(20)21-12-4-3-7-17(14-19)10-11-17/h18-19H,1-14H2. The van der Waals surface area contributed by atoms with Crippen molar-refractivity contribution in [2.24, 2.45) is 10.8 Å². The summed E-state index contributed by atoms with van der Waals surface area (Å²) in [6, 6.07) is 0. The SMILES string of the molecule is O=C(CCCCC1(CO)CC1)OCCCCC1(CO)CC1. The van der Waals surface area contributed by atoms with E-state index in [0.29, 0.717) is 26.2 Å². The van der Waals surface area contributed by atoms with E-state index in [-0.39, 0.29) is 16.8 Å². The Hall–Kier alpha value is -0.610. The molecule has 0 radical (unpaired) electrons. The molecule has 4 nitrogen and oxygen atoms in total. The minimum atomic E-state index is -0.0906. The van der Waals surface area contributed by atoms with Crippen molar-refractivity contribution in [2.45, 2.75) is 70.6 Å². The molecule has 2 fully saturated rings. The van der Waals surface area contributed by atoms with Crippen LogP contribution in [0, 0.1) is 10.8 Å². The fourth-order valence-corrected chi connectivity index (χ4v) is 2.96. The number of hydrogen-bond donors (Lipinski definition) is 2. The van der Waals surface area contributed by atoms with Gasteiger partial charge in [0.25, 0.3) is 0 Å². The molecular formula is C17H30O4. The molecule has 0 bridgehead atoms. The van der Waals surface area contributed by atoms with Crippen LogP contribution in [0.15, 0.2) is 0 Å². The van der Waals surface area contributed by atoms with Gasteiger partial charge >= 0.3 is 5.97 Å². The Morgan fingerprint density at radius 3 is 1.86 bits per heavy atom. The molecule has 0 heterocycles. The molecular weight excluding hydrogens is 268 g/mol. The monoisotopic (exact) mass is 298 g/mol. The Morgan fingerprint density at radius 1 is 0.857 bits per heavy atom. The topological polar surface area (TPSA) is 66.8 Å². The molecule has 0 amide bonds. The third kappa shape index (κ3) is 5.59. The highest BCUT2D eigenvalue weighted by atomic mass is 16.5. The first kappa shape index (κ1) is 16.8. The number of ether oxygens (including phenoxy) is 1. The van der Waals surface area contributed by atoms with E-state index in [1.54, 1.807) is 0 Å². The van der Waals surface area contributed by atoms with E-state index < -0.39 is 0 Å². The fraction of sp³-hybridized carbons (Fsp3) is 0.941. The molecule has 2 aliphatic rings. The van der Waals surface area contributed by atoms with Gasteiger partial charge in [-0.05, 0) is 68.6 Å². The molecule has 4 heteroatoms. The van der Waals surface area contributed by atoms with E-state index in [9.17, 15) is 15.0 Å². The fourth-order valence-electron chi connectivity index (χ4n) is 2.96. The highest BCUT2D eigenvalue weighted by Crippen LogP contribution is 2.49. The summed E-state index contributed by atoms with van der Waals surface area (Å²) in [5.41, 5.74) is 0.421. The Bertz CT molecular complexity index is 332. The number of aliphatic hydroxyl groups is 2. The summed E-state index contributed by atoms with van der Waals surface area (Å²) >= 11 is 0. The van der Waals surface area contributed by atoms with Crippen molar-refractivity contribution in [3.8, 4) is 0 Å². The van der Waals surface area contributed by atoms with Crippen molar-refractivity contribution in [3.05, 3.63) is 0 Å². The Labute approximate surface area is 127 Å². The Kier molecular flexibility index (Phi) is 6.06. The number of carbonyl (C=O) groups excluding carboxylic acids is 1. The molecule has 0 saturated heterocycles. The van der Waals surface area contributed by atoms with E-state index in [2.05, 4.69) is 0 Å². The van der Waals surface area contributed by atoms with Crippen molar-refractivity contribution in [1.82, 2.24) is 0 Å². The molecule has 2 aliphatic carbocycles. The van der Waals surface area contributed by atoms with Crippen LogP contribution in [-0.2, 0) is 9.53 Å². The van der Waals surface area contributed by atoms with Gasteiger partial charge in [-0.25, -0.2) is 0 Å².